The van der Waals surface area contributed by atoms with Crippen molar-refractivity contribution in [2.75, 3.05) is 13.7 Å². The van der Waals surface area contributed by atoms with Crippen LogP contribution in [-0.4, -0.2) is 41.5 Å². The summed E-state index contributed by atoms with van der Waals surface area (Å²) in [5.74, 6) is -0.826. The van der Waals surface area contributed by atoms with Gasteiger partial charge in [-0.3, -0.25) is 4.79 Å². The van der Waals surface area contributed by atoms with Crippen LogP contribution >= 0.6 is 0 Å². The molecule has 0 aliphatic carbocycles. The van der Waals surface area contributed by atoms with Crippen molar-refractivity contribution in [3.63, 3.8) is 0 Å². The predicted octanol–water partition coefficient (Wildman–Crippen LogP) is 1.62. The van der Waals surface area contributed by atoms with E-state index in [1.807, 2.05) is 0 Å². The largest absolute Gasteiger partial charge is 0.467 e. The minimum Gasteiger partial charge on any atom is -0.467 e. The maximum Gasteiger partial charge on any atom is 0.328 e. The van der Waals surface area contributed by atoms with Crippen molar-refractivity contribution < 1.29 is 18.7 Å². The number of nitrogens with zero attached hydrogens (tertiary/aromatic N) is 1. The first-order valence-electron chi connectivity index (χ1n) is 6.73. The molecule has 1 aromatic heterocycles. The molecule has 1 aromatic carbocycles. The smallest absolute Gasteiger partial charge is 0.328 e. The first kappa shape index (κ1) is 13.6. The highest BCUT2D eigenvalue weighted by molar-refractivity contribution is 5.91. The number of likely N-dealkylation sites (tertiary alicyclic amines) is 1. The van der Waals surface area contributed by atoms with E-state index in [4.69, 9.17) is 0 Å². The number of carbonyl (C=O) groups excluding carboxylic acids is 2. The van der Waals surface area contributed by atoms with Gasteiger partial charge < -0.3 is 14.6 Å². The summed E-state index contributed by atoms with van der Waals surface area (Å²) in [4.78, 5) is 28.2. The molecular formula is C15H15FN2O3. The zero-order valence-corrected chi connectivity index (χ0v) is 11.6. The van der Waals surface area contributed by atoms with E-state index in [-0.39, 0.29) is 24.1 Å². The molecule has 0 radical (unpaired) electrons. The second-order valence-electron chi connectivity index (χ2n) is 5.10. The lowest BCUT2D eigenvalue weighted by atomic mass is 10.0. The van der Waals surface area contributed by atoms with Crippen molar-refractivity contribution >= 4 is 22.8 Å². The van der Waals surface area contributed by atoms with Gasteiger partial charge in [-0.1, -0.05) is 0 Å². The van der Waals surface area contributed by atoms with Gasteiger partial charge in [-0.15, -0.1) is 0 Å². The molecule has 1 aliphatic heterocycles. The van der Waals surface area contributed by atoms with Crippen LogP contribution in [0.5, 0.6) is 0 Å². The van der Waals surface area contributed by atoms with Crippen molar-refractivity contribution in [3.05, 3.63) is 35.8 Å². The number of carbonyl (C=O) groups is 2. The molecule has 5 nitrogen and oxygen atoms in total. The molecule has 2 aromatic rings. The van der Waals surface area contributed by atoms with Gasteiger partial charge in [0.05, 0.1) is 13.5 Å². The highest BCUT2D eigenvalue weighted by Gasteiger charge is 2.38. The van der Waals surface area contributed by atoms with E-state index in [1.165, 1.54) is 24.1 Å². The van der Waals surface area contributed by atoms with Gasteiger partial charge in [0.1, 0.15) is 11.9 Å². The number of rotatable bonds is 3. The van der Waals surface area contributed by atoms with Crippen molar-refractivity contribution in [3.8, 4) is 0 Å². The average Bonchev–Trinajstić information content (AvgIpc) is 2.79. The second-order valence-corrected chi connectivity index (χ2v) is 5.10. The maximum atomic E-state index is 13.1. The van der Waals surface area contributed by atoms with E-state index < -0.39 is 6.04 Å². The van der Waals surface area contributed by atoms with Crippen LogP contribution in [0.3, 0.4) is 0 Å². The first-order chi connectivity index (χ1) is 10.1. The van der Waals surface area contributed by atoms with E-state index in [9.17, 15) is 14.0 Å². The molecule has 0 bridgehead atoms. The van der Waals surface area contributed by atoms with Crippen molar-refractivity contribution in [2.24, 2.45) is 0 Å². The van der Waals surface area contributed by atoms with Gasteiger partial charge in [0.15, 0.2) is 0 Å². The van der Waals surface area contributed by atoms with Gasteiger partial charge in [0, 0.05) is 23.6 Å². The summed E-state index contributed by atoms with van der Waals surface area (Å²) in [7, 11) is 1.32. The first-order valence-corrected chi connectivity index (χ1v) is 6.73. The minimum absolute atomic E-state index is 0.123. The van der Waals surface area contributed by atoms with Crippen molar-refractivity contribution in [1.29, 1.82) is 0 Å². The average molecular weight is 290 g/mol. The van der Waals surface area contributed by atoms with Crippen LogP contribution in [0.4, 0.5) is 4.39 Å². The molecule has 0 spiro atoms. The number of esters is 1. The molecule has 0 saturated carbocycles. The number of ether oxygens (including phenoxy) is 1. The number of hydrogen-bond donors (Lipinski definition) is 1. The Balaban J connectivity index is 1.76. The Hall–Kier alpha value is -2.37. The third-order valence-electron chi connectivity index (χ3n) is 3.88. The number of amides is 1. The molecule has 6 heteroatoms. The molecule has 1 N–H and O–H groups in total. The summed E-state index contributed by atoms with van der Waals surface area (Å²) >= 11 is 0. The third kappa shape index (κ3) is 2.37. The Morgan fingerprint density at radius 2 is 2.29 bits per heavy atom. The third-order valence-corrected chi connectivity index (χ3v) is 3.88. The van der Waals surface area contributed by atoms with Gasteiger partial charge in [0.2, 0.25) is 5.91 Å². The number of halogens is 1. The van der Waals surface area contributed by atoms with E-state index in [0.29, 0.717) is 18.5 Å². The molecule has 1 unspecified atom stereocenters. The predicted molar refractivity (Wildman–Crippen MR) is 74.1 cm³/mol. The fourth-order valence-corrected chi connectivity index (χ4v) is 2.64. The van der Waals surface area contributed by atoms with Crippen LogP contribution in [0, 0.1) is 5.82 Å². The maximum absolute atomic E-state index is 13.1. The molecule has 3 rings (SSSR count). The summed E-state index contributed by atoms with van der Waals surface area (Å²) in [6.45, 7) is 0.565. The van der Waals surface area contributed by atoms with Gasteiger partial charge >= 0.3 is 5.97 Å². The lowest BCUT2D eigenvalue weighted by Gasteiger charge is -2.38. The van der Waals surface area contributed by atoms with Crippen LogP contribution < -0.4 is 0 Å². The van der Waals surface area contributed by atoms with E-state index >= 15 is 0 Å². The molecule has 1 aliphatic rings. The van der Waals surface area contributed by atoms with Crippen LogP contribution in [-0.2, 0) is 20.7 Å². The zero-order valence-electron chi connectivity index (χ0n) is 11.6. The Morgan fingerprint density at radius 3 is 2.95 bits per heavy atom. The Labute approximate surface area is 120 Å². The molecule has 110 valence electrons. The normalized spacial score (nSPS) is 17.6. The summed E-state index contributed by atoms with van der Waals surface area (Å²) in [6, 6.07) is 3.94. The highest BCUT2D eigenvalue weighted by atomic mass is 19.1. The fraction of sp³-hybridized carbons (Fsp3) is 0.333. The molecule has 1 amide bonds. The topological polar surface area (TPSA) is 62.4 Å². The standard InChI is InChI=1S/C15H15FN2O3/c1-21-15(20)13-4-5-18(13)14(19)6-9-8-17-12-7-10(16)2-3-11(9)12/h2-3,7-8,13,17H,4-6H2,1H3. The van der Waals surface area contributed by atoms with Crippen molar-refractivity contribution in [2.45, 2.75) is 18.9 Å². The Morgan fingerprint density at radius 1 is 1.48 bits per heavy atom. The van der Waals surface area contributed by atoms with Crippen LogP contribution in [0.1, 0.15) is 12.0 Å². The van der Waals surface area contributed by atoms with E-state index in [2.05, 4.69) is 9.72 Å². The fourth-order valence-electron chi connectivity index (χ4n) is 2.64. The summed E-state index contributed by atoms with van der Waals surface area (Å²) in [6.07, 6.45) is 2.52. The van der Waals surface area contributed by atoms with E-state index in [0.717, 1.165) is 10.9 Å². The van der Waals surface area contributed by atoms with Gasteiger partial charge in [0.25, 0.3) is 0 Å². The van der Waals surface area contributed by atoms with E-state index in [1.54, 1.807) is 12.3 Å². The summed E-state index contributed by atoms with van der Waals surface area (Å²) in [5, 5.41) is 0.819. The van der Waals surface area contributed by atoms with Gasteiger partial charge in [-0.05, 0) is 30.2 Å². The van der Waals surface area contributed by atoms with Crippen molar-refractivity contribution in [1.82, 2.24) is 9.88 Å². The molecule has 21 heavy (non-hydrogen) atoms. The highest BCUT2D eigenvalue weighted by Crippen LogP contribution is 2.23. The van der Waals surface area contributed by atoms with Gasteiger partial charge in [-0.2, -0.15) is 0 Å². The summed E-state index contributed by atoms with van der Waals surface area (Å²) in [5.41, 5.74) is 1.46. The number of aromatic nitrogens is 1. The molecule has 1 saturated heterocycles. The Bertz CT molecular complexity index is 710. The minimum atomic E-state index is -0.467. The monoisotopic (exact) mass is 290 g/mol. The summed E-state index contributed by atoms with van der Waals surface area (Å²) < 4.78 is 17.8. The van der Waals surface area contributed by atoms with Crippen LogP contribution in [0.25, 0.3) is 10.9 Å². The number of nitrogens with one attached hydrogen (secondary N) is 1. The Kier molecular flexibility index (Phi) is 3.37. The lowest BCUT2D eigenvalue weighted by molar-refractivity contribution is -0.159. The second kappa shape index (κ2) is 5.20. The molecule has 1 atom stereocenters. The molecule has 2 heterocycles. The SMILES string of the molecule is COC(=O)C1CCN1C(=O)Cc1c[nH]c2cc(F)ccc12. The number of aromatic amines is 1. The molecular weight excluding hydrogens is 275 g/mol. The molecule has 1 fully saturated rings. The number of benzene rings is 1. The number of fused-ring (bicyclic) bond motifs is 1. The lowest BCUT2D eigenvalue weighted by Crippen LogP contribution is -2.55. The van der Waals surface area contributed by atoms with Crippen LogP contribution in [0.15, 0.2) is 24.4 Å². The zero-order chi connectivity index (χ0) is 15.0. The number of methoxy groups -OCH3 is 1. The number of H-pyrrole nitrogens is 1. The quantitative estimate of drug-likeness (QED) is 0.874. The number of hydrogen-bond acceptors (Lipinski definition) is 3. The van der Waals surface area contributed by atoms with Crippen LogP contribution in [0.2, 0.25) is 0 Å². The van der Waals surface area contributed by atoms with Gasteiger partial charge in [-0.25, -0.2) is 9.18 Å².